The number of methoxy groups -OCH3 is 1. The van der Waals surface area contributed by atoms with E-state index in [4.69, 9.17) is 9.84 Å². The van der Waals surface area contributed by atoms with Crippen LogP contribution in [0.4, 0.5) is 0 Å². The molecule has 4 nitrogen and oxygen atoms in total. The Morgan fingerprint density at radius 2 is 2.22 bits per heavy atom. The van der Waals surface area contributed by atoms with Crippen molar-refractivity contribution in [2.75, 3.05) is 20.3 Å². The minimum Gasteiger partial charge on any atom is -0.494 e. The molecule has 0 spiro atoms. The summed E-state index contributed by atoms with van der Waals surface area (Å²) in [6.45, 7) is 0.538. The second kappa shape index (κ2) is 5.84. The first kappa shape index (κ1) is 12.9. The first-order chi connectivity index (χ1) is 8.77. The van der Waals surface area contributed by atoms with Crippen LogP contribution in [0.5, 0.6) is 5.75 Å². The Kier molecular flexibility index (Phi) is 4.17. The molecule has 1 aromatic carbocycles. The maximum absolute atomic E-state index is 12.0. The first-order valence-corrected chi connectivity index (χ1v) is 6.54. The third kappa shape index (κ3) is 2.47. The summed E-state index contributed by atoms with van der Waals surface area (Å²) in [5, 5.41) is 12.4. The number of thiophene rings is 1. The number of benzene rings is 1. The molecule has 0 saturated heterocycles. The molecule has 0 atom stereocenters. The molecule has 0 radical (unpaired) electrons. The van der Waals surface area contributed by atoms with Gasteiger partial charge in [-0.2, -0.15) is 0 Å². The standard InChI is InChI=1S/C13H15NO3S/c1-17-11-9-5-2-3-6-10(9)18-12(11)13(16)14-7-4-8-15/h2-3,5-6,15H,4,7-8H2,1H3,(H,14,16). The lowest BCUT2D eigenvalue weighted by Gasteiger charge is -2.04. The van der Waals surface area contributed by atoms with Crippen molar-refractivity contribution in [3.8, 4) is 5.75 Å². The first-order valence-electron chi connectivity index (χ1n) is 5.72. The zero-order chi connectivity index (χ0) is 13.0. The molecular formula is C13H15NO3S. The molecule has 96 valence electrons. The van der Waals surface area contributed by atoms with Crippen molar-refractivity contribution in [3.63, 3.8) is 0 Å². The highest BCUT2D eigenvalue weighted by atomic mass is 32.1. The zero-order valence-corrected chi connectivity index (χ0v) is 10.9. The largest absolute Gasteiger partial charge is 0.494 e. The van der Waals surface area contributed by atoms with Gasteiger partial charge in [0, 0.05) is 23.2 Å². The summed E-state index contributed by atoms with van der Waals surface area (Å²) in [4.78, 5) is 12.6. The molecule has 0 aliphatic carbocycles. The van der Waals surface area contributed by atoms with Gasteiger partial charge < -0.3 is 15.2 Å². The number of hydrogen-bond donors (Lipinski definition) is 2. The summed E-state index contributed by atoms with van der Waals surface area (Å²) in [7, 11) is 1.57. The average Bonchev–Trinajstić information content (AvgIpc) is 2.77. The molecule has 0 unspecified atom stereocenters. The van der Waals surface area contributed by atoms with Crippen LogP contribution in [-0.4, -0.2) is 31.3 Å². The number of amides is 1. The fraction of sp³-hybridized carbons (Fsp3) is 0.308. The van der Waals surface area contributed by atoms with Crippen LogP contribution in [-0.2, 0) is 0 Å². The van der Waals surface area contributed by atoms with E-state index in [-0.39, 0.29) is 12.5 Å². The fourth-order valence-electron chi connectivity index (χ4n) is 1.74. The van der Waals surface area contributed by atoms with Crippen molar-refractivity contribution in [1.82, 2.24) is 5.32 Å². The highest BCUT2D eigenvalue weighted by Crippen LogP contribution is 2.37. The number of fused-ring (bicyclic) bond motifs is 1. The lowest BCUT2D eigenvalue weighted by molar-refractivity contribution is 0.0952. The smallest absolute Gasteiger partial charge is 0.265 e. The van der Waals surface area contributed by atoms with E-state index in [2.05, 4.69) is 5.32 Å². The SMILES string of the molecule is COc1c(C(=O)NCCCO)sc2ccccc12. The van der Waals surface area contributed by atoms with Crippen molar-refractivity contribution in [2.45, 2.75) is 6.42 Å². The number of carbonyl (C=O) groups excluding carboxylic acids is 1. The fourth-order valence-corrected chi connectivity index (χ4v) is 2.82. The third-order valence-electron chi connectivity index (χ3n) is 2.58. The molecule has 0 aliphatic heterocycles. The molecule has 2 N–H and O–H groups in total. The predicted molar refractivity (Wildman–Crippen MR) is 72.4 cm³/mol. The van der Waals surface area contributed by atoms with E-state index < -0.39 is 0 Å². The molecule has 18 heavy (non-hydrogen) atoms. The van der Waals surface area contributed by atoms with Gasteiger partial charge >= 0.3 is 0 Å². The zero-order valence-electron chi connectivity index (χ0n) is 10.1. The summed E-state index contributed by atoms with van der Waals surface area (Å²) in [5.74, 6) is 0.471. The van der Waals surface area contributed by atoms with Crippen LogP contribution in [0, 0.1) is 0 Å². The van der Waals surface area contributed by atoms with Crippen LogP contribution in [0.15, 0.2) is 24.3 Å². The molecule has 0 aliphatic rings. The van der Waals surface area contributed by atoms with E-state index in [1.54, 1.807) is 7.11 Å². The Morgan fingerprint density at radius 1 is 1.44 bits per heavy atom. The molecule has 5 heteroatoms. The number of ether oxygens (including phenoxy) is 1. The van der Waals surface area contributed by atoms with Gasteiger partial charge in [0.2, 0.25) is 0 Å². The number of aliphatic hydroxyl groups is 1. The van der Waals surface area contributed by atoms with Crippen LogP contribution >= 0.6 is 11.3 Å². The van der Waals surface area contributed by atoms with Gasteiger partial charge in [-0.1, -0.05) is 12.1 Å². The van der Waals surface area contributed by atoms with Crippen molar-refractivity contribution in [2.24, 2.45) is 0 Å². The number of hydrogen-bond acceptors (Lipinski definition) is 4. The summed E-state index contributed by atoms with van der Waals surface area (Å²) in [5.41, 5.74) is 0. The van der Waals surface area contributed by atoms with E-state index in [1.165, 1.54) is 11.3 Å². The second-order valence-electron chi connectivity index (χ2n) is 3.79. The minimum absolute atomic E-state index is 0.0732. The predicted octanol–water partition coefficient (Wildman–Crippen LogP) is 2.02. The number of nitrogens with one attached hydrogen (secondary N) is 1. The summed E-state index contributed by atoms with van der Waals surface area (Å²) >= 11 is 1.42. The quantitative estimate of drug-likeness (QED) is 0.813. The second-order valence-corrected chi connectivity index (χ2v) is 4.85. The van der Waals surface area contributed by atoms with Gasteiger partial charge in [0.05, 0.1) is 7.11 Å². The topological polar surface area (TPSA) is 58.6 Å². The lowest BCUT2D eigenvalue weighted by Crippen LogP contribution is -2.24. The van der Waals surface area contributed by atoms with Gasteiger partial charge in [-0.3, -0.25) is 4.79 Å². The van der Waals surface area contributed by atoms with Crippen LogP contribution in [0.2, 0.25) is 0 Å². The van der Waals surface area contributed by atoms with Crippen molar-refractivity contribution >= 4 is 27.3 Å². The van der Waals surface area contributed by atoms with Crippen molar-refractivity contribution in [1.29, 1.82) is 0 Å². The van der Waals surface area contributed by atoms with Crippen LogP contribution in [0.3, 0.4) is 0 Å². The maximum atomic E-state index is 12.0. The molecule has 2 rings (SSSR count). The van der Waals surface area contributed by atoms with Crippen molar-refractivity contribution in [3.05, 3.63) is 29.1 Å². The van der Waals surface area contributed by atoms with Gasteiger partial charge in [-0.05, 0) is 18.6 Å². The highest BCUT2D eigenvalue weighted by Gasteiger charge is 2.18. The Bertz CT molecular complexity index is 550. The van der Waals surface area contributed by atoms with Crippen LogP contribution in [0.25, 0.3) is 10.1 Å². The molecule has 1 amide bonds. The lowest BCUT2D eigenvalue weighted by atomic mass is 10.2. The molecule has 1 heterocycles. The van der Waals surface area contributed by atoms with E-state index in [0.29, 0.717) is 23.6 Å². The van der Waals surface area contributed by atoms with Crippen LogP contribution in [0.1, 0.15) is 16.1 Å². The number of carbonyl (C=O) groups is 1. The molecule has 0 fully saturated rings. The van der Waals surface area contributed by atoms with Crippen molar-refractivity contribution < 1.29 is 14.6 Å². The third-order valence-corrected chi connectivity index (χ3v) is 3.73. The van der Waals surface area contributed by atoms with Gasteiger partial charge in [-0.15, -0.1) is 11.3 Å². The van der Waals surface area contributed by atoms with Crippen LogP contribution < -0.4 is 10.1 Å². The van der Waals surface area contributed by atoms with Gasteiger partial charge in [-0.25, -0.2) is 0 Å². The van der Waals surface area contributed by atoms with E-state index in [9.17, 15) is 4.79 Å². The summed E-state index contributed by atoms with van der Waals surface area (Å²) in [6, 6.07) is 7.76. The molecule has 0 saturated carbocycles. The van der Waals surface area contributed by atoms with Gasteiger partial charge in [0.25, 0.3) is 5.91 Å². The molecular weight excluding hydrogens is 250 g/mol. The normalized spacial score (nSPS) is 10.6. The number of aliphatic hydroxyl groups excluding tert-OH is 1. The maximum Gasteiger partial charge on any atom is 0.265 e. The summed E-state index contributed by atoms with van der Waals surface area (Å²) in [6.07, 6.45) is 0.555. The highest BCUT2D eigenvalue weighted by molar-refractivity contribution is 7.21. The average molecular weight is 265 g/mol. The number of rotatable bonds is 5. The van der Waals surface area contributed by atoms with E-state index in [0.717, 1.165) is 10.1 Å². The Hall–Kier alpha value is -1.59. The van der Waals surface area contributed by atoms with E-state index >= 15 is 0 Å². The van der Waals surface area contributed by atoms with E-state index in [1.807, 2.05) is 24.3 Å². The Balaban J connectivity index is 2.29. The van der Waals surface area contributed by atoms with Gasteiger partial charge in [0.15, 0.2) is 0 Å². The van der Waals surface area contributed by atoms with Gasteiger partial charge in [0.1, 0.15) is 10.6 Å². The molecule has 0 bridgehead atoms. The monoisotopic (exact) mass is 265 g/mol. The Morgan fingerprint density at radius 3 is 2.94 bits per heavy atom. The summed E-state index contributed by atoms with van der Waals surface area (Å²) < 4.78 is 6.36. The molecule has 1 aromatic heterocycles. The Labute approximate surface area is 109 Å². The molecule has 2 aromatic rings. The minimum atomic E-state index is -0.151.